The maximum Gasteiger partial charge on any atom is 0.260 e. The molecule has 0 spiro atoms. The summed E-state index contributed by atoms with van der Waals surface area (Å²) >= 11 is 0. The lowest BCUT2D eigenvalue weighted by Gasteiger charge is -2.27. The summed E-state index contributed by atoms with van der Waals surface area (Å²) in [6, 6.07) is 0. The third-order valence-electron chi connectivity index (χ3n) is 1.92. The van der Waals surface area contributed by atoms with E-state index in [9.17, 15) is 13.7 Å². The summed E-state index contributed by atoms with van der Waals surface area (Å²) in [5.41, 5.74) is 0. The van der Waals surface area contributed by atoms with E-state index in [1.54, 1.807) is 0 Å². The number of carbonyl (C=O) groups is 2. The van der Waals surface area contributed by atoms with Gasteiger partial charge in [-0.3, -0.25) is 14.5 Å². The van der Waals surface area contributed by atoms with Gasteiger partial charge in [0.1, 0.15) is 0 Å². The molecule has 0 aliphatic carbocycles. The number of imide groups is 1. The number of carbonyl (C=O) groups excluding carboxylic acids is 2. The average molecular weight is 203 g/mol. The van der Waals surface area contributed by atoms with Crippen molar-refractivity contribution in [1.29, 1.82) is 0 Å². The molecule has 74 valence electrons. The second-order valence-electron chi connectivity index (χ2n) is 3.95. The SMILES string of the molecule is C[Si](C)(F)CN1C(=O)CCCC1=O. The number of nitrogens with zero attached hydrogens (tertiary/aromatic N) is 1. The second-order valence-corrected chi connectivity index (χ2v) is 7.70. The molecule has 0 radical (unpaired) electrons. The van der Waals surface area contributed by atoms with E-state index in [-0.39, 0.29) is 18.0 Å². The van der Waals surface area contributed by atoms with Gasteiger partial charge in [-0.1, -0.05) is 0 Å². The largest absolute Gasteiger partial charge is 0.313 e. The first-order valence-electron chi connectivity index (χ1n) is 4.42. The number of hydrogen-bond donors (Lipinski definition) is 0. The molecule has 0 N–H and O–H groups in total. The molecule has 0 unspecified atom stereocenters. The first-order chi connectivity index (χ1) is 5.90. The van der Waals surface area contributed by atoms with Crippen LogP contribution in [0.5, 0.6) is 0 Å². The molecular formula is C8H14FNO2Si. The maximum absolute atomic E-state index is 13.3. The van der Waals surface area contributed by atoms with Gasteiger partial charge in [0.25, 0.3) is 8.41 Å². The van der Waals surface area contributed by atoms with Crippen LogP contribution in [0.1, 0.15) is 19.3 Å². The molecule has 0 atom stereocenters. The third kappa shape index (κ3) is 2.91. The highest BCUT2D eigenvalue weighted by Crippen LogP contribution is 2.15. The first kappa shape index (κ1) is 10.4. The van der Waals surface area contributed by atoms with Crippen LogP contribution in [0.4, 0.5) is 4.11 Å². The summed E-state index contributed by atoms with van der Waals surface area (Å²) in [6.07, 6.45) is 1.40. The molecule has 0 saturated carbocycles. The average Bonchev–Trinajstić information content (AvgIpc) is 1.95. The summed E-state index contributed by atoms with van der Waals surface area (Å²) in [4.78, 5) is 23.6. The van der Waals surface area contributed by atoms with Gasteiger partial charge in [0.05, 0.1) is 6.17 Å². The molecule has 1 aliphatic heterocycles. The van der Waals surface area contributed by atoms with Crippen molar-refractivity contribution in [3.8, 4) is 0 Å². The quantitative estimate of drug-likeness (QED) is 0.385. The lowest BCUT2D eigenvalue weighted by molar-refractivity contribution is -0.146. The van der Waals surface area contributed by atoms with Gasteiger partial charge in [-0.05, 0) is 19.5 Å². The Morgan fingerprint density at radius 2 is 1.77 bits per heavy atom. The molecule has 1 rings (SSSR count). The van der Waals surface area contributed by atoms with E-state index >= 15 is 0 Å². The fourth-order valence-electron chi connectivity index (χ4n) is 1.35. The molecule has 3 nitrogen and oxygen atoms in total. The maximum atomic E-state index is 13.3. The zero-order valence-corrected chi connectivity index (χ0v) is 8.97. The van der Waals surface area contributed by atoms with Crippen LogP contribution in [-0.2, 0) is 9.59 Å². The normalized spacial score (nSPS) is 19.5. The van der Waals surface area contributed by atoms with E-state index in [0.29, 0.717) is 19.3 Å². The Labute approximate surface area is 78.1 Å². The van der Waals surface area contributed by atoms with E-state index in [2.05, 4.69) is 0 Å². The van der Waals surface area contributed by atoms with Crippen molar-refractivity contribution in [2.75, 3.05) is 6.17 Å². The Morgan fingerprint density at radius 1 is 1.31 bits per heavy atom. The van der Waals surface area contributed by atoms with Gasteiger partial charge in [-0.2, -0.15) is 0 Å². The molecular weight excluding hydrogens is 189 g/mol. The molecule has 2 amide bonds. The van der Waals surface area contributed by atoms with Gasteiger partial charge in [-0.15, -0.1) is 0 Å². The zero-order valence-electron chi connectivity index (χ0n) is 7.97. The van der Waals surface area contributed by atoms with E-state index in [1.807, 2.05) is 0 Å². The molecule has 1 saturated heterocycles. The number of amides is 2. The molecule has 0 aromatic carbocycles. The van der Waals surface area contributed by atoms with E-state index in [1.165, 1.54) is 13.1 Å². The van der Waals surface area contributed by atoms with Crippen LogP contribution >= 0.6 is 0 Å². The van der Waals surface area contributed by atoms with Crippen LogP contribution in [0.3, 0.4) is 0 Å². The van der Waals surface area contributed by atoms with Gasteiger partial charge in [0, 0.05) is 12.8 Å². The molecule has 1 aliphatic rings. The van der Waals surface area contributed by atoms with Gasteiger partial charge >= 0.3 is 0 Å². The lowest BCUT2D eigenvalue weighted by atomic mass is 10.1. The summed E-state index contributed by atoms with van der Waals surface area (Å²) in [7, 11) is -2.84. The minimum Gasteiger partial charge on any atom is -0.313 e. The molecule has 0 bridgehead atoms. The van der Waals surface area contributed by atoms with Crippen molar-refractivity contribution in [3.63, 3.8) is 0 Å². The van der Waals surface area contributed by atoms with Crippen molar-refractivity contribution in [1.82, 2.24) is 4.90 Å². The highest BCUT2D eigenvalue weighted by atomic mass is 28.4. The molecule has 1 heterocycles. The molecule has 5 heteroatoms. The predicted molar refractivity (Wildman–Crippen MR) is 49.2 cm³/mol. The van der Waals surface area contributed by atoms with Crippen molar-refractivity contribution in [2.24, 2.45) is 0 Å². The second kappa shape index (κ2) is 3.57. The Bertz CT molecular complexity index is 221. The van der Waals surface area contributed by atoms with E-state index in [0.717, 1.165) is 4.90 Å². The van der Waals surface area contributed by atoms with Crippen LogP contribution in [0.2, 0.25) is 13.1 Å². The first-order valence-corrected chi connectivity index (χ1v) is 7.51. The highest BCUT2D eigenvalue weighted by Gasteiger charge is 2.33. The minimum absolute atomic E-state index is 0.0185. The van der Waals surface area contributed by atoms with Crippen molar-refractivity contribution < 1.29 is 13.7 Å². The number of halogens is 1. The van der Waals surface area contributed by atoms with Crippen molar-refractivity contribution in [2.45, 2.75) is 32.4 Å². The molecule has 0 aromatic rings. The Hall–Kier alpha value is -0.713. The Morgan fingerprint density at radius 3 is 2.15 bits per heavy atom. The fourth-order valence-corrected chi connectivity index (χ4v) is 2.46. The van der Waals surface area contributed by atoms with E-state index in [4.69, 9.17) is 0 Å². The monoisotopic (exact) mass is 203 g/mol. The van der Waals surface area contributed by atoms with Crippen LogP contribution in [-0.4, -0.2) is 31.3 Å². The summed E-state index contributed by atoms with van der Waals surface area (Å²) in [6.45, 7) is 3.00. The van der Waals surface area contributed by atoms with Crippen molar-refractivity contribution in [3.05, 3.63) is 0 Å². The minimum atomic E-state index is -2.84. The number of likely N-dealkylation sites (tertiary alicyclic amines) is 1. The summed E-state index contributed by atoms with van der Waals surface area (Å²) in [5, 5.41) is 0. The highest BCUT2D eigenvalue weighted by molar-refractivity contribution is 6.71. The lowest BCUT2D eigenvalue weighted by Crippen LogP contribution is -2.48. The van der Waals surface area contributed by atoms with Crippen LogP contribution in [0.15, 0.2) is 0 Å². The number of piperidine rings is 1. The molecule has 13 heavy (non-hydrogen) atoms. The van der Waals surface area contributed by atoms with Crippen LogP contribution in [0, 0.1) is 0 Å². The summed E-state index contributed by atoms with van der Waals surface area (Å²) < 4.78 is 13.3. The fraction of sp³-hybridized carbons (Fsp3) is 0.750. The topological polar surface area (TPSA) is 37.4 Å². The number of hydrogen-bond acceptors (Lipinski definition) is 2. The Balaban J connectivity index is 2.65. The van der Waals surface area contributed by atoms with Gasteiger partial charge in [-0.25, -0.2) is 0 Å². The van der Waals surface area contributed by atoms with Gasteiger partial charge in [0.2, 0.25) is 11.8 Å². The van der Waals surface area contributed by atoms with E-state index < -0.39 is 8.41 Å². The van der Waals surface area contributed by atoms with Crippen LogP contribution in [0.25, 0.3) is 0 Å². The van der Waals surface area contributed by atoms with Gasteiger partial charge < -0.3 is 4.11 Å². The van der Waals surface area contributed by atoms with Gasteiger partial charge in [0.15, 0.2) is 0 Å². The van der Waals surface area contributed by atoms with Crippen LogP contribution < -0.4 is 0 Å². The zero-order chi connectivity index (χ0) is 10.1. The Kier molecular flexibility index (Phi) is 2.85. The van der Waals surface area contributed by atoms with Crippen molar-refractivity contribution >= 4 is 20.2 Å². The third-order valence-corrected chi connectivity index (χ3v) is 2.99. The smallest absolute Gasteiger partial charge is 0.260 e. The standard InChI is InChI=1S/C8H14FNO2Si/c1-13(2,9)6-10-7(11)4-3-5-8(10)12/h3-6H2,1-2H3. The molecule has 1 fully saturated rings. The predicted octanol–water partition coefficient (Wildman–Crippen LogP) is 1.24. The molecule has 0 aromatic heterocycles. The summed E-state index contributed by atoms with van der Waals surface area (Å²) in [5.74, 6) is -0.427. The number of rotatable bonds is 2.